The highest BCUT2D eigenvalue weighted by molar-refractivity contribution is 7.89. The van der Waals surface area contributed by atoms with Crippen molar-refractivity contribution in [3.05, 3.63) is 23.8 Å². The summed E-state index contributed by atoms with van der Waals surface area (Å²) < 4.78 is 32.0. The number of carboxylic acid groups (broad SMARTS) is 1. The molecule has 114 valence electrons. The Hall–Kier alpha value is -2.04. The summed E-state index contributed by atoms with van der Waals surface area (Å²) in [6, 6.07) is 3.74. The fourth-order valence-corrected chi connectivity index (χ4v) is 3.26. The van der Waals surface area contributed by atoms with Crippen molar-refractivity contribution in [2.24, 2.45) is 0 Å². The molecule has 0 fully saturated rings. The van der Waals surface area contributed by atoms with Gasteiger partial charge >= 0.3 is 5.97 Å². The van der Waals surface area contributed by atoms with Crippen LogP contribution in [0.3, 0.4) is 0 Å². The molecule has 0 radical (unpaired) electrons. The van der Waals surface area contributed by atoms with Crippen LogP contribution in [0.15, 0.2) is 23.1 Å². The SMILES string of the molecule is C#CCC(C)NS(=O)(=O)c1ccc(OC)cc1CC(=O)O. The molecule has 0 aliphatic rings. The van der Waals surface area contributed by atoms with E-state index in [1.165, 1.54) is 25.3 Å². The number of sulfonamides is 1. The minimum atomic E-state index is -3.85. The second-order valence-corrected chi connectivity index (χ2v) is 6.16. The summed E-state index contributed by atoms with van der Waals surface area (Å²) in [5, 5.41) is 8.90. The lowest BCUT2D eigenvalue weighted by atomic mass is 10.1. The molecule has 0 bridgehead atoms. The molecule has 0 aromatic heterocycles. The Morgan fingerprint density at radius 3 is 2.71 bits per heavy atom. The van der Waals surface area contributed by atoms with E-state index in [1.807, 2.05) is 0 Å². The second-order valence-electron chi connectivity index (χ2n) is 4.47. The number of terminal acetylenes is 1. The van der Waals surface area contributed by atoms with Crippen molar-refractivity contribution in [2.75, 3.05) is 7.11 Å². The molecule has 0 amide bonds. The lowest BCUT2D eigenvalue weighted by Gasteiger charge is -2.15. The third-order valence-electron chi connectivity index (χ3n) is 2.68. The first-order valence-corrected chi connectivity index (χ1v) is 7.63. The van der Waals surface area contributed by atoms with Crippen LogP contribution in [-0.2, 0) is 21.2 Å². The van der Waals surface area contributed by atoms with Crippen molar-refractivity contribution in [1.82, 2.24) is 4.72 Å². The summed E-state index contributed by atoms with van der Waals surface area (Å²) >= 11 is 0. The molecular weight excluding hydrogens is 294 g/mol. The number of carboxylic acids is 1. The van der Waals surface area contributed by atoms with Gasteiger partial charge < -0.3 is 9.84 Å². The lowest BCUT2D eigenvalue weighted by molar-refractivity contribution is -0.136. The van der Waals surface area contributed by atoms with Crippen molar-refractivity contribution >= 4 is 16.0 Å². The van der Waals surface area contributed by atoms with E-state index in [9.17, 15) is 13.2 Å². The molecule has 1 aromatic rings. The van der Waals surface area contributed by atoms with Gasteiger partial charge in [-0.15, -0.1) is 12.3 Å². The zero-order valence-electron chi connectivity index (χ0n) is 11.8. The number of methoxy groups -OCH3 is 1. The molecule has 0 heterocycles. The van der Waals surface area contributed by atoms with Crippen LogP contribution in [0.25, 0.3) is 0 Å². The summed E-state index contributed by atoms with van der Waals surface area (Å²) in [4.78, 5) is 10.8. The minimum absolute atomic E-state index is 0.0884. The summed E-state index contributed by atoms with van der Waals surface area (Å²) in [6.07, 6.45) is 4.96. The fraction of sp³-hybridized carbons (Fsp3) is 0.357. The van der Waals surface area contributed by atoms with Crippen molar-refractivity contribution in [1.29, 1.82) is 0 Å². The molecule has 1 aromatic carbocycles. The highest BCUT2D eigenvalue weighted by Gasteiger charge is 2.22. The van der Waals surface area contributed by atoms with Crippen LogP contribution < -0.4 is 9.46 Å². The fourth-order valence-electron chi connectivity index (χ4n) is 1.79. The first-order valence-electron chi connectivity index (χ1n) is 6.14. The average Bonchev–Trinajstić information content (AvgIpc) is 2.37. The summed E-state index contributed by atoms with van der Waals surface area (Å²) in [6.45, 7) is 1.64. The van der Waals surface area contributed by atoms with Gasteiger partial charge in [-0.05, 0) is 30.7 Å². The van der Waals surface area contributed by atoms with Gasteiger partial charge in [-0.2, -0.15) is 0 Å². The third kappa shape index (κ3) is 4.77. The number of benzene rings is 1. The van der Waals surface area contributed by atoms with Crippen molar-refractivity contribution in [3.63, 3.8) is 0 Å². The first-order chi connectivity index (χ1) is 9.80. The maximum Gasteiger partial charge on any atom is 0.307 e. The van der Waals surface area contributed by atoms with Crippen LogP contribution in [0.1, 0.15) is 18.9 Å². The number of carbonyl (C=O) groups is 1. The average molecular weight is 311 g/mol. The van der Waals surface area contributed by atoms with Gasteiger partial charge in [0.15, 0.2) is 0 Å². The molecule has 1 rings (SSSR count). The lowest BCUT2D eigenvalue weighted by Crippen LogP contribution is -2.33. The number of nitrogens with one attached hydrogen (secondary N) is 1. The normalized spacial score (nSPS) is 12.4. The highest BCUT2D eigenvalue weighted by Crippen LogP contribution is 2.22. The van der Waals surface area contributed by atoms with Gasteiger partial charge in [-0.3, -0.25) is 4.79 Å². The Labute approximate surface area is 124 Å². The smallest absolute Gasteiger partial charge is 0.307 e. The number of ether oxygens (including phenoxy) is 1. The standard InChI is InChI=1S/C14H17NO5S/c1-4-5-10(2)15-21(18,19)13-7-6-12(20-3)8-11(13)9-14(16)17/h1,6-8,10,15H,5,9H2,2-3H3,(H,16,17). The van der Waals surface area contributed by atoms with Gasteiger partial charge in [0.1, 0.15) is 5.75 Å². The van der Waals surface area contributed by atoms with E-state index >= 15 is 0 Å². The van der Waals surface area contributed by atoms with Crippen LogP contribution >= 0.6 is 0 Å². The van der Waals surface area contributed by atoms with E-state index < -0.39 is 28.5 Å². The van der Waals surface area contributed by atoms with Crippen molar-refractivity contribution in [2.45, 2.75) is 30.7 Å². The minimum Gasteiger partial charge on any atom is -0.497 e. The Bertz CT molecular complexity index is 660. The quantitative estimate of drug-likeness (QED) is 0.733. The molecule has 2 N–H and O–H groups in total. The first kappa shape index (κ1) is 17.0. The van der Waals surface area contributed by atoms with Gasteiger partial charge in [0.25, 0.3) is 0 Å². The van der Waals surface area contributed by atoms with Crippen LogP contribution in [0.5, 0.6) is 5.75 Å². The molecule has 1 unspecified atom stereocenters. The second kappa shape index (κ2) is 7.11. The van der Waals surface area contributed by atoms with Gasteiger partial charge in [0.05, 0.1) is 18.4 Å². The molecule has 0 spiro atoms. The van der Waals surface area contributed by atoms with Crippen LogP contribution in [0, 0.1) is 12.3 Å². The van der Waals surface area contributed by atoms with E-state index in [-0.39, 0.29) is 16.9 Å². The topological polar surface area (TPSA) is 92.7 Å². The summed E-state index contributed by atoms with van der Waals surface area (Å²) in [5.74, 6) is 1.63. The highest BCUT2D eigenvalue weighted by atomic mass is 32.2. The predicted molar refractivity (Wildman–Crippen MR) is 77.6 cm³/mol. The van der Waals surface area contributed by atoms with Crippen molar-refractivity contribution in [3.8, 4) is 18.1 Å². The van der Waals surface area contributed by atoms with Gasteiger partial charge in [-0.25, -0.2) is 13.1 Å². The number of rotatable bonds is 7. The maximum absolute atomic E-state index is 12.3. The van der Waals surface area contributed by atoms with Gasteiger partial charge in [-0.1, -0.05) is 0 Å². The molecule has 0 saturated carbocycles. The van der Waals surface area contributed by atoms with Crippen LogP contribution in [0.4, 0.5) is 0 Å². The molecule has 1 atom stereocenters. The number of aliphatic carboxylic acids is 1. The van der Waals surface area contributed by atoms with E-state index in [2.05, 4.69) is 10.6 Å². The Kier molecular flexibility index (Phi) is 5.76. The summed E-state index contributed by atoms with van der Waals surface area (Å²) in [7, 11) is -2.43. The van der Waals surface area contributed by atoms with E-state index in [0.717, 1.165) is 0 Å². The van der Waals surface area contributed by atoms with Crippen LogP contribution in [-0.4, -0.2) is 32.6 Å². The Morgan fingerprint density at radius 2 is 2.19 bits per heavy atom. The third-order valence-corrected chi connectivity index (χ3v) is 4.37. The molecule has 6 nitrogen and oxygen atoms in total. The Balaban J connectivity index is 3.21. The molecule has 0 aliphatic carbocycles. The van der Waals surface area contributed by atoms with Gasteiger partial charge in [0.2, 0.25) is 10.0 Å². The van der Waals surface area contributed by atoms with Gasteiger partial charge in [0, 0.05) is 12.5 Å². The maximum atomic E-state index is 12.3. The van der Waals surface area contributed by atoms with E-state index in [1.54, 1.807) is 6.92 Å². The van der Waals surface area contributed by atoms with E-state index in [0.29, 0.717) is 5.75 Å². The molecule has 0 aliphatic heterocycles. The van der Waals surface area contributed by atoms with E-state index in [4.69, 9.17) is 16.3 Å². The monoisotopic (exact) mass is 311 g/mol. The Morgan fingerprint density at radius 1 is 1.52 bits per heavy atom. The summed E-state index contributed by atoms with van der Waals surface area (Å²) in [5.41, 5.74) is 0.155. The zero-order valence-corrected chi connectivity index (χ0v) is 12.6. The largest absolute Gasteiger partial charge is 0.497 e. The molecule has 0 saturated heterocycles. The molecular formula is C14H17NO5S. The zero-order chi connectivity index (χ0) is 16.0. The molecule has 7 heteroatoms. The van der Waals surface area contributed by atoms with Crippen molar-refractivity contribution < 1.29 is 23.1 Å². The van der Waals surface area contributed by atoms with Crippen LogP contribution in [0.2, 0.25) is 0 Å². The predicted octanol–water partition coefficient (Wildman–Crippen LogP) is 1.01. The number of hydrogen-bond acceptors (Lipinski definition) is 4. The number of hydrogen-bond donors (Lipinski definition) is 2. The molecule has 21 heavy (non-hydrogen) atoms.